The van der Waals surface area contributed by atoms with Gasteiger partial charge in [-0.1, -0.05) is 54.6 Å². The molecule has 0 saturated heterocycles. The van der Waals surface area contributed by atoms with Crippen molar-refractivity contribution >= 4 is 17.6 Å². The molecule has 1 N–H and O–H groups in total. The van der Waals surface area contributed by atoms with Gasteiger partial charge in [-0.05, 0) is 47.0 Å². The van der Waals surface area contributed by atoms with Gasteiger partial charge in [-0.15, -0.1) is 0 Å². The number of hydrogen-bond donors (Lipinski definition) is 1. The lowest BCUT2D eigenvalue weighted by Crippen LogP contribution is -2.00. The molecule has 0 fully saturated rings. The topological polar surface area (TPSA) is 55.8 Å². The van der Waals surface area contributed by atoms with Crippen LogP contribution in [0.4, 0.5) is 0 Å². The Kier molecular flexibility index (Phi) is 5.90. The van der Waals surface area contributed by atoms with Crippen molar-refractivity contribution in [3.63, 3.8) is 0 Å². The second kappa shape index (κ2) is 8.72. The van der Waals surface area contributed by atoms with E-state index in [1.54, 1.807) is 37.5 Å². The number of carboxylic acid groups (broad SMARTS) is 1. The van der Waals surface area contributed by atoms with Gasteiger partial charge in [0, 0.05) is 0 Å². The van der Waals surface area contributed by atoms with Crippen LogP contribution in [0.3, 0.4) is 0 Å². The molecule has 0 saturated carbocycles. The molecule has 4 nitrogen and oxygen atoms in total. The molecule has 0 aliphatic heterocycles. The van der Waals surface area contributed by atoms with E-state index < -0.39 is 5.97 Å². The van der Waals surface area contributed by atoms with Crippen LogP contribution in [0.15, 0.2) is 78.9 Å². The maximum atomic E-state index is 11.7. The Morgan fingerprint density at radius 2 is 1.52 bits per heavy atom. The predicted octanol–water partition coefficient (Wildman–Crippen LogP) is 4.90. The maximum Gasteiger partial charge on any atom is 0.336 e. The van der Waals surface area contributed by atoms with E-state index in [1.165, 1.54) is 0 Å². The molecule has 0 atom stereocenters. The first-order valence-corrected chi connectivity index (χ1v) is 8.52. The van der Waals surface area contributed by atoms with Crippen molar-refractivity contribution in [1.29, 1.82) is 0 Å². The summed E-state index contributed by atoms with van der Waals surface area (Å²) in [4.78, 5) is 11.7. The second-order valence-corrected chi connectivity index (χ2v) is 5.93. The number of ether oxygens (including phenoxy) is 2. The fraction of sp³-hybridized carbons (Fsp3) is 0.0870. The van der Waals surface area contributed by atoms with Crippen molar-refractivity contribution in [1.82, 2.24) is 0 Å². The maximum absolute atomic E-state index is 11.7. The van der Waals surface area contributed by atoms with Crippen LogP contribution in [0, 0.1) is 0 Å². The number of hydrogen-bond acceptors (Lipinski definition) is 3. The Hall–Kier alpha value is -3.53. The van der Waals surface area contributed by atoms with Crippen LogP contribution in [0.2, 0.25) is 0 Å². The van der Waals surface area contributed by atoms with Crippen molar-refractivity contribution in [3.05, 3.63) is 95.6 Å². The zero-order valence-electron chi connectivity index (χ0n) is 15.0. The highest BCUT2D eigenvalue weighted by Crippen LogP contribution is 2.23. The summed E-state index contributed by atoms with van der Waals surface area (Å²) in [6.45, 7) is 0.488. The molecule has 4 heteroatoms. The van der Waals surface area contributed by atoms with E-state index in [0.29, 0.717) is 17.9 Å². The van der Waals surface area contributed by atoms with Gasteiger partial charge in [0.25, 0.3) is 0 Å². The smallest absolute Gasteiger partial charge is 0.336 e. The molecule has 0 aromatic heterocycles. The Balaban J connectivity index is 1.74. The number of carboxylic acids is 1. The summed E-state index contributed by atoms with van der Waals surface area (Å²) >= 11 is 0. The highest BCUT2D eigenvalue weighted by Gasteiger charge is 2.10. The van der Waals surface area contributed by atoms with Crippen LogP contribution in [0.1, 0.15) is 16.7 Å². The molecule has 27 heavy (non-hydrogen) atoms. The van der Waals surface area contributed by atoms with Crippen molar-refractivity contribution in [2.75, 3.05) is 7.11 Å². The fourth-order valence-corrected chi connectivity index (χ4v) is 2.61. The summed E-state index contributed by atoms with van der Waals surface area (Å²) in [6.07, 6.45) is 1.64. The lowest BCUT2D eigenvalue weighted by Gasteiger charge is -2.07. The van der Waals surface area contributed by atoms with Crippen LogP contribution in [0.25, 0.3) is 11.6 Å². The largest absolute Gasteiger partial charge is 0.497 e. The second-order valence-electron chi connectivity index (χ2n) is 5.93. The van der Waals surface area contributed by atoms with Crippen LogP contribution >= 0.6 is 0 Å². The average Bonchev–Trinajstić information content (AvgIpc) is 2.72. The Morgan fingerprint density at radius 3 is 2.11 bits per heavy atom. The molecule has 0 unspecified atom stereocenters. The molecular weight excluding hydrogens is 340 g/mol. The zero-order valence-corrected chi connectivity index (χ0v) is 15.0. The summed E-state index contributed by atoms with van der Waals surface area (Å²) in [6, 6.07) is 24.2. The molecule has 0 bridgehead atoms. The Labute approximate surface area is 158 Å². The molecule has 3 aromatic carbocycles. The van der Waals surface area contributed by atoms with Gasteiger partial charge in [0.2, 0.25) is 0 Å². The van der Waals surface area contributed by atoms with Gasteiger partial charge >= 0.3 is 5.97 Å². The molecular formula is C23H20O4. The van der Waals surface area contributed by atoms with E-state index in [1.807, 2.05) is 54.6 Å². The molecule has 0 radical (unpaired) electrons. The third-order valence-corrected chi connectivity index (χ3v) is 4.07. The third kappa shape index (κ3) is 4.98. The molecule has 0 heterocycles. The first kappa shape index (κ1) is 18.3. The van der Waals surface area contributed by atoms with Crippen molar-refractivity contribution in [2.24, 2.45) is 0 Å². The molecule has 3 rings (SSSR count). The summed E-state index contributed by atoms with van der Waals surface area (Å²) in [5.41, 5.74) is 2.72. The molecule has 136 valence electrons. The quantitative estimate of drug-likeness (QED) is 0.481. The lowest BCUT2D eigenvalue weighted by molar-refractivity contribution is -0.130. The highest BCUT2D eigenvalue weighted by molar-refractivity contribution is 6.20. The monoisotopic (exact) mass is 360 g/mol. The van der Waals surface area contributed by atoms with Gasteiger partial charge in [-0.25, -0.2) is 4.79 Å². The number of benzene rings is 3. The number of rotatable bonds is 7. The molecule has 0 aliphatic carbocycles. The van der Waals surface area contributed by atoms with Crippen LogP contribution in [0.5, 0.6) is 11.5 Å². The van der Waals surface area contributed by atoms with Gasteiger partial charge in [-0.3, -0.25) is 0 Å². The number of carbonyl (C=O) groups is 1. The highest BCUT2D eigenvalue weighted by atomic mass is 16.5. The van der Waals surface area contributed by atoms with Crippen LogP contribution in [-0.2, 0) is 11.4 Å². The van der Waals surface area contributed by atoms with Gasteiger partial charge in [0.1, 0.15) is 18.1 Å². The summed E-state index contributed by atoms with van der Waals surface area (Å²) in [5.74, 6) is 0.435. The number of aliphatic carboxylic acids is 1. The molecule has 0 spiro atoms. The molecule has 0 amide bonds. The average molecular weight is 360 g/mol. The normalized spacial score (nSPS) is 11.1. The zero-order chi connectivity index (χ0) is 19.1. The standard InChI is InChI=1S/C23H20O4/c1-26-20-13-9-19(10-14-20)22(23(24)25)15-17-7-11-21(12-8-17)27-16-18-5-3-2-4-6-18/h2-15H,16H2,1H3,(H,24,25)/b22-15+. The van der Waals surface area contributed by atoms with Gasteiger partial charge < -0.3 is 14.6 Å². The van der Waals surface area contributed by atoms with Crippen molar-refractivity contribution in [2.45, 2.75) is 6.61 Å². The van der Waals surface area contributed by atoms with Crippen LogP contribution < -0.4 is 9.47 Å². The summed E-state index contributed by atoms with van der Waals surface area (Å²) in [7, 11) is 1.57. The van der Waals surface area contributed by atoms with E-state index >= 15 is 0 Å². The minimum absolute atomic E-state index is 0.218. The predicted molar refractivity (Wildman–Crippen MR) is 106 cm³/mol. The van der Waals surface area contributed by atoms with E-state index in [0.717, 1.165) is 16.9 Å². The summed E-state index contributed by atoms with van der Waals surface area (Å²) in [5, 5.41) is 9.56. The van der Waals surface area contributed by atoms with Gasteiger partial charge in [0.05, 0.1) is 12.7 Å². The lowest BCUT2D eigenvalue weighted by atomic mass is 10.0. The van der Waals surface area contributed by atoms with E-state index in [9.17, 15) is 9.90 Å². The Morgan fingerprint density at radius 1 is 0.889 bits per heavy atom. The first-order valence-electron chi connectivity index (χ1n) is 8.52. The number of methoxy groups -OCH3 is 1. The van der Waals surface area contributed by atoms with Crippen molar-refractivity contribution < 1.29 is 19.4 Å². The minimum atomic E-state index is -0.982. The first-order chi connectivity index (χ1) is 13.2. The van der Waals surface area contributed by atoms with Crippen LogP contribution in [-0.4, -0.2) is 18.2 Å². The van der Waals surface area contributed by atoms with Crippen molar-refractivity contribution in [3.8, 4) is 11.5 Å². The van der Waals surface area contributed by atoms with Gasteiger partial charge in [-0.2, -0.15) is 0 Å². The minimum Gasteiger partial charge on any atom is -0.497 e. The van der Waals surface area contributed by atoms with Gasteiger partial charge in [0.15, 0.2) is 0 Å². The molecule has 0 aliphatic rings. The van der Waals surface area contributed by atoms with E-state index in [4.69, 9.17) is 9.47 Å². The fourth-order valence-electron chi connectivity index (χ4n) is 2.61. The summed E-state index contributed by atoms with van der Waals surface area (Å²) < 4.78 is 10.9. The van der Waals surface area contributed by atoms with E-state index in [-0.39, 0.29) is 5.57 Å². The SMILES string of the molecule is COc1ccc(/C(=C\c2ccc(OCc3ccccc3)cc2)C(=O)O)cc1. The third-order valence-electron chi connectivity index (χ3n) is 4.07. The Bertz CT molecular complexity index is 911. The van der Waals surface area contributed by atoms with E-state index in [2.05, 4.69) is 0 Å². The molecule has 3 aromatic rings.